The van der Waals surface area contributed by atoms with E-state index < -0.39 is 0 Å². The fourth-order valence-corrected chi connectivity index (χ4v) is 3.09. The summed E-state index contributed by atoms with van der Waals surface area (Å²) in [5.74, 6) is 0.980. The van der Waals surface area contributed by atoms with E-state index in [2.05, 4.69) is 60.8 Å². The van der Waals surface area contributed by atoms with Crippen molar-refractivity contribution in [3.63, 3.8) is 0 Å². The van der Waals surface area contributed by atoms with Crippen molar-refractivity contribution in [3.8, 4) is 5.75 Å². The van der Waals surface area contributed by atoms with Crippen LogP contribution in [0.1, 0.15) is 30.3 Å². The third-order valence-corrected chi connectivity index (χ3v) is 4.11. The maximum Gasteiger partial charge on any atom is 0.176 e. The summed E-state index contributed by atoms with van der Waals surface area (Å²) >= 11 is 0. The number of rotatable bonds is 1. The van der Waals surface area contributed by atoms with Crippen molar-refractivity contribution in [1.29, 1.82) is 0 Å². The zero-order chi connectivity index (χ0) is 14.2. The Morgan fingerprint density at radius 1 is 0.857 bits per heavy atom. The fraction of sp³-hybridized carbons (Fsp3) is 0.158. The molecular weight excluding hydrogens is 258 g/mol. The summed E-state index contributed by atoms with van der Waals surface area (Å²) in [5, 5.41) is 6.08. The van der Waals surface area contributed by atoms with Crippen molar-refractivity contribution in [2.24, 2.45) is 0 Å². The molecule has 0 saturated heterocycles. The predicted octanol–water partition coefficient (Wildman–Crippen LogP) is 4.58. The lowest BCUT2D eigenvalue weighted by Gasteiger charge is -2.33. The van der Waals surface area contributed by atoms with Gasteiger partial charge in [0.2, 0.25) is 0 Å². The molecule has 0 aromatic heterocycles. The van der Waals surface area contributed by atoms with E-state index in [-0.39, 0.29) is 12.3 Å². The van der Waals surface area contributed by atoms with Crippen LogP contribution in [0, 0.1) is 0 Å². The fourth-order valence-electron chi connectivity index (χ4n) is 3.09. The monoisotopic (exact) mass is 275 g/mol. The van der Waals surface area contributed by atoms with E-state index in [4.69, 9.17) is 4.74 Å². The zero-order valence-corrected chi connectivity index (χ0v) is 11.9. The largest absolute Gasteiger partial charge is 0.471 e. The van der Waals surface area contributed by atoms with E-state index in [0.29, 0.717) is 0 Å². The van der Waals surface area contributed by atoms with E-state index in [0.717, 1.165) is 11.3 Å². The Bertz CT molecular complexity index is 782. The number of fused-ring (bicyclic) bond motifs is 3. The first kappa shape index (κ1) is 12.4. The van der Waals surface area contributed by atoms with Gasteiger partial charge >= 0.3 is 0 Å². The SMILES string of the molecule is CC1NC(c2ccccc2)Oc2ccc3ccccc3c21. The lowest BCUT2D eigenvalue weighted by molar-refractivity contribution is 0.129. The molecule has 0 amide bonds. The minimum atomic E-state index is -0.0881. The highest BCUT2D eigenvalue weighted by molar-refractivity contribution is 5.88. The van der Waals surface area contributed by atoms with Crippen molar-refractivity contribution in [3.05, 3.63) is 77.9 Å². The minimum absolute atomic E-state index is 0.0881. The molecule has 21 heavy (non-hydrogen) atoms. The highest BCUT2D eigenvalue weighted by atomic mass is 16.5. The van der Waals surface area contributed by atoms with Gasteiger partial charge in [-0.25, -0.2) is 0 Å². The maximum absolute atomic E-state index is 6.19. The van der Waals surface area contributed by atoms with Gasteiger partial charge in [-0.1, -0.05) is 60.7 Å². The molecular formula is C19H17NO. The van der Waals surface area contributed by atoms with Gasteiger partial charge in [0.05, 0.1) is 0 Å². The minimum Gasteiger partial charge on any atom is -0.471 e. The molecule has 4 rings (SSSR count). The molecule has 2 atom stereocenters. The van der Waals surface area contributed by atoms with Crippen LogP contribution in [0.25, 0.3) is 10.8 Å². The number of hydrogen-bond acceptors (Lipinski definition) is 2. The molecule has 1 heterocycles. The molecule has 1 aliphatic heterocycles. The second-order valence-corrected chi connectivity index (χ2v) is 5.50. The van der Waals surface area contributed by atoms with Gasteiger partial charge in [0.15, 0.2) is 6.23 Å². The van der Waals surface area contributed by atoms with Crippen LogP contribution in [0.5, 0.6) is 5.75 Å². The second kappa shape index (κ2) is 4.90. The molecule has 3 aromatic carbocycles. The van der Waals surface area contributed by atoms with Crippen LogP contribution < -0.4 is 10.1 Å². The van der Waals surface area contributed by atoms with Crippen molar-refractivity contribution in [1.82, 2.24) is 5.32 Å². The van der Waals surface area contributed by atoms with E-state index in [1.807, 2.05) is 18.2 Å². The second-order valence-electron chi connectivity index (χ2n) is 5.50. The van der Waals surface area contributed by atoms with Crippen molar-refractivity contribution < 1.29 is 4.74 Å². The maximum atomic E-state index is 6.19. The molecule has 104 valence electrons. The Labute approximate surface area is 124 Å². The van der Waals surface area contributed by atoms with Crippen LogP contribution in [0.2, 0.25) is 0 Å². The molecule has 0 aliphatic carbocycles. The molecule has 3 aromatic rings. The smallest absolute Gasteiger partial charge is 0.176 e. The number of ether oxygens (including phenoxy) is 1. The summed E-state index contributed by atoms with van der Waals surface area (Å²) in [6, 6.07) is 23.2. The molecule has 1 N–H and O–H groups in total. The normalized spacial score (nSPS) is 20.8. The first-order chi connectivity index (χ1) is 10.3. The lowest BCUT2D eigenvalue weighted by Crippen LogP contribution is -2.33. The number of nitrogens with one attached hydrogen (secondary N) is 1. The average Bonchev–Trinajstić information content (AvgIpc) is 2.55. The quantitative estimate of drug-likeness (QED) is 0.701. The Kier molecular flexibility index (Phi) is 2.90. The predicted molar refractivity (Wildman–Crippen MR) is 85.3 cm³/mol. The van der Waals surface area contributed by atoms with Gasteiger partial charge in [0, 0.05) is 17.2 Å². The summed E-state index contributed by atoms with van der Waals surface area (Å²) in [4.78, 5) is 0. The van der Waals surface area contributed by atoms with E-state index >= 15 is 0 Å². The Morgan fingerprint density at radius 2 is 1.62 bits per heavy atom. The first-order valence-corrected chi connectivity index (χ1v) is 7.32. The van der Waals surface area contributed by atoms with E-state index in [1.165, 1.54) is 16.3 Å². The molecule has 2 nitrogen and oxygen atoms in total. The summed E-state index contributed by atoms with van der Waals surface area (Å²) in [6.45, 7) is 2.20. The molecule has 1 aliphatic rings. The van der Waals surface area contributed by atoms with Crippen LogP contribution in [-0.4, -0.2) is 0 Å². The van der Waals surface area contributed by atoms with Gasteiger partial charge in [0.1, 0.15) is 5.75 Å². The molecule has 0 bridgehead atoms. The Morgan fingerprint density at radius 3 is 2.48 bits per heavy atom. The molecule has 0 spiro atoms. The van der Waals surface area contributed by atoms with Gasteiger partial charge in [-0.05, 0) is 23.8 Å². The summed E-state index contributed by atoms with van der Waals surface area (Å²) in [5.41, 5.74) is 2.41. The molecule has 2 heteroatoms. The zero-order valence-electron chi connectivity index (χ0n) is 11.9. The van der Waals surface area contributed by atoms with Crippen LogP contribution in [-0.2, 0) is 0 Å². The summed E-state index contributed by atoms with van der Waals surface area (Å²) in [6.07, 6.45) is -0.0881. The van der Waals surface area contributed by atoms with Gasteiger partial charge in [-0.15, -0.1) is 0 Å². The first-order valence-electron chi connectivity index (χ1n) is 7.32. The lowest BCUT2D eigenvalue weighted by atomic mass is 9.96. The van der Waals surface area contributed by atoms with Crippen molar-refractivity contribution in [2.75, 3.05) is 0 Å². The number of hydrogen-bond donors (Lipinski definition) is 1. The third-order valence-electron chi connectivity index (χ3n) is 4.11. The topological polar surface area (TPSA) is 21.3 Å². The van der Waals surface area contributed by atoms with Crippen LogP contribution in [0.4, 0.5) is 0 Å². The highest BCUT2D eigenvalue weighted by Crippen LogP contribution is 2.39. The van der Waals surface area contributed by atoms with Crippen molar-refractivity contribution in [2.45, 2.75) is 19.2 Å². The van der Waals surface area contributed by atoms with Gasteiger partial charge in [0.25, 0.3) is 0 Å². The van der Waals surface area contributed by atoms with Gasteiger partial charge in [-0.3, -0.25) is 5.32 Å². The van der Waals surface area contributed by atoms with Crippen molar-refractivity contribution >= 4 is 10.8 Å². The van der Waals surface area contributed by atoms with Crippen LogP contribution in [0.15, 0.2) is 66.7 Å². The average molecular weight is 275 g/mol. The standard InChI is InChI=1S/C19H17NO/c1-13-18-16-10-6-5-7-14(16)11-12-17(18)21-19(20-13)15-8-3-2-4-9-15/h2-13,19-20H,1H3. The van der Waals surface area contributed by atoms with E-state index in [1.54, 1.807) is 0 Å². The van der Waals surface area contributed by atoms with E-state index in [9.17, 15) is 0 Å². The molecule has 0 radical (unpaired) electrons. The van der Waals surface area contributed by atoms with Gasteiger partial charge < -0.3 is 4.74 Å². The summed E-state index contributed by atoms with van der Waals surface area (Å²) in [7, 11) is 0. The molecule has 0 saturated carbocycles. The van der Waals surface area contributed by atoms with Crippen LogP contribution in [0.3, 0.4) is 0 Å². The highest BCUT2D eigenvalue weighted by Gasteiger charge is 2.27. The Balaban J connectivity index is 1.81. The molecule has 2 unspecified atom stereocenters. The van der Waals surface area contributed by atoms with Gasteiger partial charge in [-0.2, -0.15) is 0 Å². The third kappa shape index (κ3) is 2.08. The summed E-state index contributed by atoms with van der Waals surface area (Å²) < 4.78 is 6.19. The number of benzene rings is 3. The van der Waals surface area contributed by atoms with Crippen LogP contribution >= 0.6 is 0 Å². The Hall–Kier alpha value is -2.32. The molecule has 0 fully saturated rings.